The van der Waals surface area contributed by atoms with Gasteiger partial charge in [-0.25, -0.2) is 0 Å². The zero-order valence-corrected chi connectivity index (χ0v) is 15.1. The van der Waals surface area contributed by atoms with Crippen molar-refractivity contribution in [3.8, 4) is 0 Å². The number of methoxy groups -OCH3 is 2. The minimum Gasteiger partial charge on any atom is -0.350 e. The summed E-state index contributed by atoms with van der Waals surface area (Å²) in [6.07, 6.45) is 5.59. The van der Waals surface area contributed by atoms with Crippen molar-refractivity contribution < 1.29 is 19.1 Å². The van der Waals surface area contributed by atoms with Gasteiger partial charge in [0.1, 0.15) is 19.5 Å². The van der Waals surface area contributed by atoms with Crippen molar-refractivity contribution in [2.75, 3.05) is 14.2 Å². The third-order valence-electron chi connectivity index (χ3n) is 5.88. The molecule has 4 rings (SSSR count). The molecule has 6 atom stereocenters. The van der Waals surface area contributed by atoms with Crippen molar-refractivity contribution in [2.24, 2.45) is 11.8 Å². The number of fused-ring (bicyclic) bond motifs is 8. The Bertz CT molecular complexity index is 662. The molecule has 4 nitrogen and oxygen atoms in total. The van der Waals surface area contributed by atoms with Crippen LogP contribution in [0.3, 0.4) is 0 Å². The van der Waals surface area contributed by atoms with Gasteiger partial charge in [0.15, 0.2) is 11.6 Å². The van der Waals surface area contributed by atoms with Crippen LogP contribution < -0.4 is 0 Å². The van der Waals surface area contributed by atoms with Gasteiger partial charge in [0.2, 0.25) is 5.79 Å². The number of allylic oxidation sites excluding steroid dienone is 4. The topological polar surface area (TPSA) is 52.6 Å². The Hall–Kier alpha value is -0.100. The first kappa shape index (κ1) is 16.4. The van der Waals surface area contributed by atoms with Crippen LogP contribution in [-0.2, 0) is 19.1 Å². The lowest BCUT2D eigenvalue weighted by molar-refractivity contribution is -0.225. The van der Waals surface area contributed by atoms with Gasteiger partial charge in [-0.15, -0.1) is 46.4 Å². The summed E-state index contributed by atoms with van der Waals surface area (Å²) in [6.45, 7) is 0. The summed E-state index contributed by atoms with van der Waals surface area (Å²) in [5, 5.41) is 0. The van der Waals surface area contributed by atoms with E-state index in [1.807, 2.05) is 0 Å². The van der Waals surface area contributed by atoms with Crippen LogP contribution in [0.1, 0.15) is 0 Å². The van der Waals surface area contributed by atoms with E-state index >= 15 is 0 Å². The van der Waals surface area contributed by atoms with E-state index in [9.17, 15) is 9.59 Å². The molecule has 2 bridgehead atoms. The van der Waals surface area contributed by atoms with Crippen LogP contribution in [0, 0.1) is 11.8 Å². The summed E-state index contributed by atoms with van der Waals surface area (Å²) in [5.41, 5.74) is 0. The molecule has 0 N–H and O–H groups in total. The highest BCUT2D eigenvalue weighted by Crippen LogP contribution is 2.83. The Balaban J connectivity index is 2.13. The highest BCUT2D eigenvalue weighted by Gasteiger charge is 2.99. The Morgan fingerprint density at radius 1 is 0.826 bits per heavy atom. The molecule has 124 valence electrons. The maximum Gasteiger partial charge on any atom is 0.212 e. The first-order chi connectivity index (χ1) is 10.6. The lowest BCUT2D eigenvalue weighted by atomic mass is 9.58. The standard InChI is InChI=1S/C15H12Cl4O4/c1-22-15(23-2)13(18)9-7(20)3-4-8(21)10(9)14(15,19)12(17)6-5-11(12,13)16/h3-6,9-10H,1-2H3/t9-,10+,11+,12-,13+,14-. The summed E-state index contributed by atoms with van der Waals surface area (Å²) in [4.78, 5) is 19.1. The quantitative estimate of drug-likeness (QED) is 0.408. The van der Waals surface area contributed by atoms with E-state index in [0.29, 0.717) is 0 Å². The van der Waals surface area contributed by atoms with Gasteiger partial charge in [-0.3, -0.25) is 9.59 Å². The normalized spacial score (nSPS) is 54.9. The third kappa shape index (κ3) is 1.15. The van der Waals surface area contributed by atoms with Gasteiger partial charge in [0.25, 0.3) is 0 Å². The van der Waals surface area contributed by atoms with Gasteiger partial charge in [0.05, 0.1) is 11.8 Å². The van der Waals surface area contributed by atoms with E-state index in [4.69, 9.17) is 55.9 Å². The average Bonchev–Trinajstić information content (AvgIpc) is 2.75. The molecule has 0 spiro atoms. The van der Waals surface area contributed by atoms with Crippen molar-refractivity contribution >= 4 is 58.0 Å². The van der Waals surface area contributed by atoms with E-state index < -0.39 is 37.1 Å². The summed E-state index contributed by atoms with van der Waals surface area (Å²) >= 11 is 27.5. The first-order valence-corrected chi connectivity index (χ1v) is 8.46. The van der Waals surface area contributed by atoms with Crippen LogP contribution in [0.25, 0.3) is 0 Å². The second kappa shape index (κ2) is 4.17. The van der Waals surface area contributed by atoms with Crippen LogP contribution in [0.4, 0.5) is 0 Å². The summed E-state index contributed by atoms with van der Waals surface area (Å²) in [6, 6.07) is 0. The molecule has 0 amide bonds. The molecule has 0 radical (unpaired) electrons. The zero-order valence-electron chi connectivity index (χ0n) is 12.1. The Morgan fingerprint density at radius 3 is 1.43 bits per heavy atom. The first-order valence-electron chi connectivity index (χ1n) is 6.95. The minimum atomic E-state index is -1.72. The van der Waals surface area contributed by atoms with Crippen LogP contribution in [-0.4, -0.2) is 51.1 Å². The minimum absolute atomic E-state index is 0.343. The SMILES string of the molecule is COC1(OC)[C@]2(Cl)[C@@H]3C(=O)C=CC(=O)[C@@H]3[C@@]1(Cl)[C@@]1(Cl)C=C[C@]12Cl. The molecule has 0 saturated heterocycles. The maximum atomic E-state index is 12.6. The fourth-order valence-corrected chi connectivity index (χ4v) is 7.66. The van der Waals surface area contributed by atoms with E-state index in [1.54, 1.807) is 12.2 Å². The summed E-state index contributed by atoms with van der Waals surface area (Å²) in [7, 11) is 2.70. The van der Waals surface area contributed by atoms with E-state index in [1.165, 1.54) is 26.4 Å². The summed E-state index contributed by atoms with van der Waals surface area (Å²) < 4.78 is 11.2. The lowest BCUT2D eigenvalue weighted by Gasteiger charge is -2.56. The number of rotatable bonds is 2. The highest BCUT2D eigenvalue weighted by molar-refractivity contribution is 6.52. The van der Waals surface area contributed by atoms with Crippen LogP contribution in [0.15, 0.2) is 24.3 Å². The van der Waals surface area contributed by atoms with E-state index in [-0.39, 0.29) is 11.6 Å². The fourth-order valence-electron chi connectivity index (χ4n) is 4.98. The van der Waals surface area contributed by atoms with Crippen molar-refractivity contribution in [1.82, 2.24) is 0 Å². The van der Waals surface area contributed by atoms with Crippen LogP contribution in [0.2, 0.25) is 0 Å². The molecule has 4 aliphatic rings. The monoisotopic (exact) mass is 396 g/mol. The molecule has 23 heavy (non-hydrogen) atoms. The van der Waals surface area contributed by atoms with Gasteiger partial charge in [-0.2, -0.15) is 0 Å². The summed E-state index contributed by atoms with van der Waals surface area (Å²) in [5.74, 6) is -4.39. The van der Waals surface area contributed by atoms with Gasteiger partial charge < -0.3 is 9.47 Å². The molecule has 0 aromatic heterocycles. The number of hydrogen-bond acceptors (Lipinski definition) is 4. The number of carbonyl (C=O) groups is 2. The van der Waals surface area contributed by atoms with Crippen molar-refractivity contribution in [1.29, 1.82) is 0 Å². The molecule has 0 aromatic carbocycles. The van der Waals surface area contributed by atoms with Crippen LogP contribution in [0.5, 0.6) is 0 Å². The molecule has 0 aliphatic heterocycles. The maximum absolute atomic E-state index is 12.6. The fraction of sp³-hybridized carbons (Fsp3) is 0.600. The smallest absolute Gasteiger partial charge is 0.212 e. The number of halogens is 4. The molecular weight excluding hydrogens is 386 g/mol. The second-order valence-corrected chi connectivity index (χ2v) is 8.68. The number of hydrogen-bond donors (Lipinski definition) is 0. The van der Waals surface area contributed by atoms with Gasteiger partial charge in [-0.05, 0) is 12.2 Å². The molecule has 8 heteroatoms. The average molecular weight is 398 g/mol. The molecule has 2 fully saturated rings. The predicted octanol–water partition coefficient (Wildman–Crippen LogP) is 2.42. The molecular formula is C15H12Cl4O4. The van der Waals surface area contributed by atoms with Gasteiger partial charge >= 0.3 is 0 Å². The number of carbonyl (C=O) groups excluding carboxylic acids is 2. The second-order valence-electron chi connectivity index (χ2n) is 6.30. The predicted molar refractivity (Wildman–Crippen MR) is 86.4 cm³/mol. The number of alkyl halides is 4. The van der Waals surface area contributed by atoms with Crippen molar-refractivity contribution in [3.63, 3.8) is 0 Å². The van der Waals surface area contributed by atoms with E-state index in [2.05, 4.69) is 0 Å². The van der Waals surface area contributed by atoms with E-state index in [0.717, 1.165) is 0 Å². The van der Waals surface area contributed by atoms with Crippen molar-refractivity contribution in [3.05, 3.63) is 24.3 Å². The molecule has 0 unspecified atom stereocenters. The Labute approximate surface area is 152 Å². The third-order valence-corrected chi connectivity index (χ3v) is 9.18. The molecule has 0 heterocycles. The largest absolute Gasteiger partial charge is 0.350 e. The Morgan fingerprint density at radius 2 is 1.17 bits per heavy atom. The zero-order chi connectivity index (χ0) is 17.1. The van der Waals surface area contributed by atoms with Gasteiger partial charge in [0, 0.05) is 14.2 Å². The lowest BCUT2D eigenvalue weighted by Crippen LogP contribution is -2.71. The number of ketones is 2. The van der Waals surface area contributed by atoms with Gasteiger partial charge in [-0.1, -0.05) is 12.2 Å². The molecule has 2 saturated carbocycles. The number of ether oxygens (including phenoxy) is 2. The van der Waals surface area contributed by atoms with Crippen LogP contribution >= 0.6 is 46.4 Å². The molecule has 0 aromatic rings. The van der Waals surface area contributed by atoms with Crippen molar-refractivity contribution in [2.45, 2.75) is 25.3 Å². The highest BCUT2D eigenvalue weighted by atomic mass is 35.5. The Kier molecular flexibility index (Phi) is 2.97. The molecule has 4 aliphatic carbocycles.